The smallest absolute Gasteiger partial charge is 0.0669 e. The average Bonchev–Trinajstić information content (AvgIpc) is 2.43. The molecule has 0 aliphatic heterocycles. The van der Waals surface area contributed by atoms with E-state index in [1.807, 2.05) is 32.2 Å². The lowest BCUT2D eigenvalue weighted by Gasteiger charge is -2.10. The maximum Gasteiger partial charge on any atom is 0.0669 e. The van der Waals surface area contributed by atoms with E-state index in [4.69, 9.17) is 34.8 Å². The molecule has 0 aliphatic carbocycles. The Hall–Kier alpha value is -1.42. The Morgan fingerprint density at radius 3 is 2.24 bits per heavy atom. The van der Waals surface area contributed by atoms with Crippen LogP contribution < -0.4 is 10.7 Å². The number of nitrogens with zero attached hydrogens (tertiary/aromatic N) is 1. The first kappa shape index (κ1) is 16.0. The van der Waals surface area contributed by atoms with Crippen molar-refractivity contribution in [3.63, 3.8) is 0 Å². The van der Waals surface area contributed by atoms with Gasteiger partial charge in [0.2, 0.25) is 0 Å². The standard InChI is InChI=1S/C15H14Cl3N3/c1-9(14-8-10(16)3-4-15(14)19-2)20-21-13-6-11(17)5-12(18)7-13/h3-8,19,21H,1-2H3/b20-9-. The summed E-state index contributed by atoms with van der Waals surface area (Å²) >= 11 is 17.9. The van der Waals surface area contributed by atoms with Gasteiger partial charge in [-0.3, -0.25) is 5.43 Å². The number of halogens is 3. The van der Waals surface area contributed by atoms with Gasteiger partial charge in [-0.2, -0.15) is 5.10 Å². The molecule has 0 fully saturated rings. The predicted octanol–water partition coefficient (Wildman–Crippen LogP) is 5.52. The van der Waals surface area contributed by atoms with Crippen LogP contribution in [0.15, 0.2) is 41.5 Å². The molecule has 0 bridgehead atoms. The van der Waals surface area contributed by atoms with E-state index in [9.17, 15) is 0 Å². The molecule has 0 radical (unpaired) electrons. The minimum absolute atomic E-state index is 0.552. The van der Waals surface area contributed by atoms with Gasteiger partial charge in [-0.1, -0.05) is 34.8 Å². The molecule has 0 saturated heterocycles. The van der Waals surface area contributed by atoms with Crippen LogP contribution in [0.1, 0.15) is 12.5 Å². The molecule has 0 aromatic heterocycles. The van der Waals surface area contributed by atoms with Gasteiger partial charge in [-0.15, -0.1) is 0 Å². The van der Waals surface area contributed by atoms with Gasteiger partial charge in [0.25, 0.3) is 0 Å². The Morgan fingerprint density at radius 1 is 0.952 bits per heavy atom. The van der Waals surface area contributed by atoms with Crippen molar-refractivity contribution < 1.29 is 0 Å². The molecule has 3 nitrogen and oxygen atoms in total. The van der Waals surface area contributed by atoms with Gasteiger partial charge in [0, 0.05) is 33.4 Å². The summed E-state index contributed by atoms with van der Waals surface area (Å²) in [7, 11) is 1.85. The Kier molecular flexibility index (Phi) is 5.34. The molecule has 0 heterocycles. The van der Waals surface area contributed by atoms with E-state index in [1.165, 1.54) is 0 Å². The molecule has 110 valence electrons. The number of nitrogens with one attached hydrogen (secondary N) is 2. The third-order valence-electron chi connectivity index (χ3n) is 2.86. The number of anilines is 2. The summed E-state index contributed by atoms with van der Waals surface area (Å²) in [5.41, 5.74) is 6.33. The second kappa shape index (κ2) is 7.03. The van der Waals surface area contributed by atoms with Crippen LogP contribution in [0.2, 0.25) is 15.1 Å². The van der Waals surface area contributed by atoms with Crippen molar-refractivity contribution in [1.82, 2.24) is 0 Å². The zero-order chi connectivity index (χ0) is 15.4. The van der Waals surface area contributed by atoms with Crippen LogP contribution >= 0.6 is 34.8 Å². The van der Waals surface area contributed by atoms with E-state index in [1.54, 1.807) is 18.2 Å². The van der Waals surface area contributed by atoms with Crippen molar-refractivity contribution in [3.05, 3.63) is 57.0 Å². The molecule has 0 unspecified atom stereocenters. The van der Waals surface area contributed by atoms with Crippen LogP contribution in [0.5, 0.6) is 0 Å². The normalized spacial score (nSPS) is 11.4. The van der Waals surface area contributed by atoms with Gasteiger partial charge in [-0.25, -0.2) is 0 Å². The molecule has 0 saturated carbocycles. The number of hydrazone groups is 1. The summed E-state index contributed by atoms with van der Waals surface area (Å²) in [6.45, 7) is 1.89. The molecule has 0 atom stereocenters. The Bertz CT molecular complexity index is 664. The molecular weight excluding hydrogens is 329 g/mol. The van der Waals surface area contributed by atoms with Gasteiger partial charge < -0.3 is 5.32 Å². The Labute approximate surface area is 138 Å². The minimum atomic E-state index is 0.552. The van der Waals surface area contributed by atoms with Crippen molar-refractivity contribution in [2.75, 3.05) is 17.8 Å². The number of rotatable bonds is 4. The quantitative estimate of drug-likeness (QED) is 0.566. The fourth-order valence-electron chi connectivity index (χ4n) is 1.86. The topological polar surface area (TPSA) is 36.4 Å². The van der Waals surface area contributed by atoms with Crippen molar-refractivity contribution in [2.24, 2.45) is 5.10 Å². The molecule has 0 spiro atoms. The van der Waals surface area contributed by atoms with E-state index >= 15 is 0 Å². The van der Waals surface area contributed by atoms with Crippen LogP contribution in [-0.2, 0) is 0 Å². The van der Waals surface area contributed by atoms with Crippen LogP contribution in [0.4, 0.5) is 11.4 Å². The number of benzene rings is 2. The monoisotopic (exact) mass is 341 g/mol. The van der Waals surface area contributed by atoms with Gasteiger partial charge >= 0.3 is 0 Å². The van der Waals surface area contributed by atoms with Gasteiger partial charge in [0.05, 0.1) is 11.4 Å². The minimum Gasteiger partial charge on any atom is -0.388 e. The lowest BCUT2D eigenvalue weighted by molar-refractivity contribution is 1.32. The summed E-state index contributed by atoms with van der Waals surface area (Å²) in [6.07, 6.45) is 0. The lowest BCUT2D eigenvalue weighted by Crippen LogP contribution is -2.04. The van der Waals surface area contributed by atoms with Gasteiger partial charge in [0.1, 0.15) is 0 Å². The van der Waals surface area contributed by atoms with Crippen molar-refractivity contribution in [3.8, 4) is 0 Å². The van der Waals surface area contributed by atoms with E-state index in [0.717, 1.165) is 22.6 Å². The first-order valence-corrected chi connectivity index (χ1v) is 7.37. The van der Waals surface area contributed by atoms with E-state index in [2.05, 4.69) is 15.8 Å². The van der Waals surface area contributed by atoms with Crippen LogP contribution in [-0.4, -0.2) is 12.8 Å². The third-order valence-corrected chi connectivity index (χ3v) is 3.53. The van der Waals surface area contributed by atoms with Gasteiger partial charge in [0.15, 0.2) is 0 Å². The van der Waals surface area contributed by atoms with Crippen LogP contribution in [0, 0.1) is 0 Å². The highest BCUT2D eigenvalue weighted by Gasteiger charge is 2.06. The fraction of sp³-hybridized carbons (Fsp3) is 0.133. The summed E-state index contributed by atoms with van der Waals surface area (Å²) in [5.74, 6) is 0. The fourth-order valence-corrected chi connectivity index (χ4v) is 2.56. The van der Waals surface area contributed by atoms with E-state index in [-0.39, 0.29) is 0 Å². The summed E-state index contributed by atoms with van der Waals surface area (Å²) in [6, 6.07) is 10.8. The molecular formula is C15H14Cl3N3. The summed E-state index contributed by atoms with van der Waals surface area (Å²) in [5, 5.41) is 9.22. The SMILES string of the molecule is CNc1ccc(Cl)cc1/C(C)=N\Nc1cc(Cl)cc(Cl)c1. The maximum absolute atomic E-state index is 6.04. The van der Waals surface area contributed by atoms with E-state index < -0.39 is 0 Å². The molecule has 2 rings (SSSR count). The average molecular weight is 343 g/mol. The van der Waals surface area contributed by atoms with E-state index in [0.29, 0.717) is 15.1 Å². The molecule has 2 N–H and O–H groups in total. The van der Waals surface area contributed by atoms with Gasteiger partial charge in [-0.05, 0) is 43.3 Å². The molecule has 2 aromatic rings. The maximum atomic E-state index is 6.04. The second-order valence-electron chi connectivity index (χ2n) is 4.41. The lowest BCUT2D eigenvalue weighted by atomic mass is 10.1. The van der Waals surface area contributed by atoms with Crippen molar-refractivity contribution >= 4 is 51.9 Å². The Morgan fingerprint density at radius 2 is 1.62 bits per heavy atom. The highest BCUT2D eigenvalue weighted by Crippen LogP contribution is 2.24. The second-order valence-corrected chi connectivity index (χ2v) is 5.72. The highest BCUT2D eigenvalue weighted by atomic mass is 35.5. The molecule has 21 heavy (non-hydrogen) atoms. The molecule has 6 heteroatoms. The molecule has 0 amide bonds. The number of hydrogen-bond acceptors (Lipinski definition) is 3. The number of hydrogen-bond donors (Lipinski definition) is 2. The summed E-state index contributed by atoms with van der Waals surface area (Å²) < 4.78 is 0. The zero-order valence-corrected chi connectivity index (χ0v) is 13.8. The Balaban J connectivity index is 2.27. The highest BCUT2D eigenvalue weighted by molar-refractivity contribution is 6.35. The summed E-state index contributed by atoms with van der Waals surface area (Å²) in [4.78, 5) is 0. The first-order chi connectivity index (χ1) is 9.99. The van der Waals surface area contributed by atoms with Crippen LogP contribution in [0.3, 0.4) is 0 Å². The first-order valence-electron chi connectivity index (χ1n) is 6.23. The largest absolute Gasteiger partial charge is 0.388 e. The van der Waals surface area contributed by atoms with Crippen LogP contribution in [0.25, 0.3) is 0 Å². The third kappa shape index (κ3) is 4.27. The molecule has 2 aromatic carbocycles. The van der Waals surface area contributed by atoms with Crippen molar-refractivity contribution in [1.29, 1.82) is 0 Å². The molecule has 0 aliphatic rings. The zero-order valence-electron chi connectivity index (χ0n) is 11.5. The van der Waals surface area contributed by atoms with Crippen molar-refractivity contribution in [2.45, 2.75) is 6.92 Å². The predicted molar refractivity (Wildman–Crippen MR) is 93.3 cm³/mol.